The predicted molar refractivity (Wildman–Crippen MR) is 89.6 cm³/mol. The van der Waals surface area contributed by atoms with Crippen LogP contribution in [0.25, 0.3) is 0 Å². The van der Waals surface area contributed by atoms with Crippen LogP contribution in [0.3, 0.4) is 0 Å². The van der Waals surface area contributed by atoms with Gasteiger partial charge in [-0.3, -0.25) is 4.79 Å². The Bertz CT molecular complexity index is 638. The van der Waals surface area contributed by atoms with Crippen LogP contribution in [0.1, 0.15) is 26.3 Å². The Kier molecular flexibility index (Phi) is 5.34. The van der Waals surface area contributed by atoms with Gasteiger partial charge in [0.2, 0.25) is 17.9 Å². The van der Waals surface area contributed by atoms with Crippen LogP contribution < -0.4 is 5.32 Å². The van der Waals surface area contributed by atoms with E-state index in [4.69, 9.17) is 18.9 Å². The number of carbonyl (C=O) groups is 1. The molecule has 144 valence electrons. The van der Waals surface area contributed by atoms with Crippen LogP contribution in [0.4, 0.5) is 0 Å². The molecule has 0 unspecified atom stereocenters. The lowest BCUT2D eigenvalue weighted by molar-refractivity contribution is -0.406. The maximum Gasteiger partial charge on any atom is 0.219 e. The molecule has 3 N–H and O–H groups in total. The molecule has 2 aliphatic rings. The molecule has 26 heavy (non-hydrogen) atoms. The highest BCUT2D eigenvalue weighted by molar-refractivity contribution is 5.73. The minimum atomic E-state index is -2.16. The molecule has 0 spiro atoms. The minimum absolute atomic E-state index is 0.161. The summed E-state index contributed by atoms with van der Waals surface area (Å²) in [6, 6.07) is 9.37. The molecule has 1 aromatic carbocycles. The first-order chi connectivity index (χ1) is 12.2. The van der Waals surface area contributed by atoms with Gasteiger partial charge in [0, 0.05) is 6.92 Å². The second-order valence-electron chi connectivity index (χ2n) is 7.04. The van der Waals surface area contributed by atoms with Crippen LogP contribution in [0.2, 0.25) is 0 Å². The average Bonchev–Trinajstić information content (AvgIpc) is 2.56. The van der Waals surface area contributed by atoms with Gasteiger partial charge in [0.25, 0.3) is 0 Å². The number of benzene rings is 1. The second-order valence-corrected chi connectivity index (χ2v) is 7.04. The van der Waals surface area contributed by atoms with Crippen molar-refractivity contribution in [2.24, 2.45) is 0 Å². The van der Waals surface area contributed by atoms with E-state index in [1.165, 1.54) is 6.92 Å². The van der Waals surface area contributed by atoms with E-state index in [1.807, 2.05) is 30.3 Å². The fraction of sp³-hybridized carbons (Fsp3) is 0.611. The molecule has 8 heteroatoms. The van der Waals surface area contributed by atoms with Gasteiger partial charge in [-0.25, -0.2) is 0 Å². The van der Waals surface area contributed by atoms with Gasteiger partial charge in [0.15, 0.2) is 5.79 Å². The summed E-state index contributed by atoms with van der Waals surface area (Å²) in [7, 11) is 0. The van der Waals surface area contributed by atoms with Gasteiger partial charge in [0.05, 0.1) is 13.2 Å². The molecule has 2 heterocycles. The molecule has 0 bridgehead atoms. The van der Waals surface area contributed by atoms with E-state index in [0.29, 0.717) is 0 Å². The minimum Gasteiger partial charge on any atom is -0.365 e. The second kappa shape index (κ2) is 7.22. The van der Waals surface area contributed by atoms with Crippen molar-refractivity contribution in [1.29, 1.82) is 0 Å². The standard InChI is InChI=1S/C18H25NO7/c1-11(20)19-18(22)15(23-9-12-7-5-4-6-8-12)14-13(25-16(18)21)10-24-17(2,3)26-14/h4-8,13-16,21-22H,9-10H2,1-3H3,(H,19,20)/t13-,14-,15+,16-,18-/m1/s1. The Hall–Kier alpha value is -1.55. The molecule has 1 aromatic rings. The maximum absolute atomic E-state index is 11.6. The Morgan fingerprint density at radius 1 is 1.35 bits per heavy atom. The monoisotopic (exact) mass is 367 g/mol. The lowest BCUT2D eigenvalue weighted by atomic mass is 9.91. The van der Waals surface area contributed by atoms with Gasteiger partial charge < -0.3 is 34.5 Å². The van der Waals surface area contributed by atoms with Crippen LogP contribution in [0, 0.1) is 0 Å². The van der Waals surface area contributed by atoms with Crippen molar-refractivity contribution in [3.63, 3.8) is 0 Å². The third kappa shape index (κ3) is 3.90. The molecule has 1 amide bonds. The number of amides is 1. The molecule has 8 nitrogen and oxygen atoms in total. The topological polar surface area (TPSA) is 106 Å². The highest BCUT2D eigenvalue weighted by atomic mass is 16.8. The van der Waals surface area contributed by atoms with Crippen LogP contribution in [0.5, 0.6) is 0 Å². The van der Waals surface area contributed by atoms with Crippen LogP contribution in [-0.4, -0.2) is 58.8 Å². The summed E-state index contributed by atoms with van der Waals surface area (Å²) in [5, 5.41) is 23.7. The molecular weight excluding hydrogens is 342 g/mol. The fourth-order valence-corrected chi connectivity index (χ4v) is 3.25. The van der Waals surface area contributed by atoms with Gasteiger partial charge in [-0.1, -0.05) is 30.3 Å². The summed E-state index contributed by atoms with van der Waals surface area (Å²) < 4.78 is 22.8. The molecule has 3 rings (SSSR count). The van der Waals surface area contributed by atoms with E-state index in [9.17, 15) is 15.0 Å². The van der Waals surface area contributed by atoms with Crippen LogP contribution in [0.15, 0.2) is 30.3 Å². The fourth-order valence-electron chi connectivity index (χ4n) is 3.25. The van der Waals surface area contributed by atoms with E-state index < -0.39 is 42.0 Å². The lowest BCUT2D eigenvalue weighted by Crippen LogP contribution is -2.75. The van der Waals surface area contributed by atoms with Crippen LogP contribution in [-0.2, 0) is 30.3 Å². The third-order valence-electron chi connectivity index (χ3n) is 4.44. The number of aliphatic hydroxyl groups excluding tert-OH is 1. The predicted octanol–water partition coefficient (Wildman–Crippen LogP) is 0.265. The van der Waals surface area contributed by atoms with Crippen molar-refractivity contribution in [2.45, 2.75) is 63.5 Å². The summed E-state index contributed by atoms with van der Waals surface area (Å²) in [5.74, 6) is -1.45. The molecule has 0 aromatic heterocycles. The Morgan fingerprint density at radius 3 is 2.69 bits per heavy atom. The highest BCUT2D eigenvalue weighted by Gasteiger charge is 2.60. The molecule has 0 saturated carbocycles. The molecule has 0 radical (unpaired) electrons. The quantitative estimate of drug-likeness (QED) is 0.656. The smallest absolute Gasteiger partial charge is 0.219 e. The number of ether oxygens (including phenoxy) is 4. The zero-order valence-electron chi connectivity index (χ0n) is 15.0. The number of nitrogens with one attached hydrogen (secondary N) is 1. The van der Waals surface area contributed by atoms with Crippen molar-refractivity contribution in [2.75, 3.05) is 6.61 Å². The van der Waals surface area contributed by atoms with Crippen molar-refractivity contribution >= 4 is 5.91 Å². The Labute approximate surface area is 152 Å². The largest absolute Gasteiger partial charge is 0.365 e. The first kappa shape index (κ1) is 19.2. The van der Waals surface area contributed by atoms with Gasteiger partial charge in [-0.05, 0) is 19.4 Å². The zero-order chi connectivity index (χ0) is 18.9. The van der Waals surface area contributed by atoms with Crippen molar-refractivity contribution < 1.29 is 34.0 Å². The van der Waals surface area contributed by atoms with E-state index in [-0.39, 0.29) is 13.2 Å². The SMILES string of the molecule is CC(=O)N[C@]1(O)[C@H](O)O[C@@H]2COC(C)(C)O[C@H]2[C@@H]1OCc1ccccc1. The number of fused-ring (bicyclic) bond motifs is 1. The number of aliphatic hydroxyl groups is 2. The Morgan fingerprint density at radius 2 is 2.04 bits per heavy atom. The molecule has 2 aliphatic heterocycles. The molecule has 2 fully saturated rings. The summed E-state index contributed by atoms with van der Waals surface area (Å²) in [6.45, 7) is 5.03. The summed E-state index contributed by atoms with van der Waals surface area (Å²) >= 11 is 0. The number of rotatable bonds is 4. The summed E-state index contributed by atoms with van der Waals surface area (Å²) in [6.07, 6.45) is -4.15. The van der Waals surface area contributed by atoms with Crippen molar-refractivity contribution in [1.82, 2.24) is 5.32 Å². The first-order valence-electron chi connectivity index (χ1n) is 8.53. The molecule has 0 aliphatic carbocycles. The molecular formula is C18H25NO7. The van der Waals surface area contributed by atoms with Gasteiger partial charge in [0.1, 0.15) is 18.3 Å². The number of hydrogen-bond acceptors (Lipinski definition) is 7. The highest BCUT2D eigenvalue weighted by Crippen LogP contribution is 2.37. The lowest BCUT2D eigenvalue weighted by Gasteiger charge is -2.53. The van der Waals surface area contributed by atoms with E-state index in [1.54, 1.807) is 13.8 Å². The van der Waals surface area contributed by atoms with Gasteiger partial charge in [-0.2, -0.15) is 0 Å². The third-order valence-corrected chi connectivity index (χ3v) is 4.44. The average molecular weight is 367 g/mol. The van der Waals surface area contributed by atoms with Crippen molar-refractivity contribution in [3.05, 3.63) is 35.9 Å². The number of carbonyl (C=O) groups excluding carboxylic acids is 1. The normalized spacial score (nSPS) is 36.2. The van der Waals surface area contributed by atoms with Gasteiger partial charge in [-0.15, -0.1) is 0 Å². The van der Waals surface area contributed by atoms with Gasteiger partial charge >= 0.3 is 0 Å². The van der Waals surface area contributed by atoms with E-state index >= 15 is 0 Å². The van der Waals surface area contributed by atoms with E-state index in [2.05, 4.69) is 5.32 Å². The maximum atomic E-state index is 11.6. The summed E-state index contributed by atoms with van der Waals surface area (Å²) in [4.78, 5) is 11.6. The zero-order valence-corrected chi connectivity index (χ0v) is 15.0. The van der Waals surface area contributed by atoms with Crippen LogP contribution >= 0.6 is 0 Å². The van der Waals surface area contributed by atoms with E-state index in [0.717, 1.165) is 5.56 Å². The number of hydrogen-bond donors (Lipinski definition) is 3. The van der Waals surface area contributed by atoms with Crippen molar-refractivity contribution in [3.8, 4) is 0 Å². The Balaban J connectivity index is 1.88. The molecule has 5 atom stereocenters. The first-order valence-corrected chi connectivity index (χ1v) is 8.53. The molecule has 2 saturated heterocycles. The summed E-state index contributed by atoms with van der Waals surface area (Å²) in [5.41, 5.74) is -1.28.